The number of urea groups is 1. The maximum atomic E-state index is 13.8. The van der Waals surface area contributed by atoms with Gasteiger partial charge in [-0.15, -0.1) is 0 Å². The number of likely N-dealkylation sites (tertiary alicyclic amines) is 1. The molecule has 3 aromatic carbocycles. The number of ether oxygens (including phenoxy) is 1. The molecule has 3 heterocycles. The minimum atomic E-state index is 0.106. The van der Waals surface area contributed by atoms with Crippen molar-refractivity contribution in [3.8, 4) is 16.9 Å². The average Bonchev–Trinajstić information content (AvgIpc) is 3.14. The lowest BCUT2D eigenvalue weighted by molar-refractivity contribution is 0.110. The normalized spacial score (nSPS) is 18.1. The second-order valence-corrected chi connectivity index (χ2v) is 9.54. The number of fused-ring (bicyclic) bond motifs is 2. The monoisotopic (exact) mass is 466 g/mol. The number of H-pyrrole nitrogens is 1. The van der Waals surface area contributed by atoms with Gasteiger partial charge in [0, 0.05) is 12.1 Å². The Labute approximate surface area is 205 Å². The number of benzene rings is 3. The standard InChI is InChI=1S/C29H30N4O2/c1-20-30-25-12-10-23(18-26(25)31-20)22-11-13-28-24(17-22)19-32(15-16-35-28)29(34)33-14-6-5-9-27(33)21-7-3-2-4-8-21/h2-4,7-8,10-13,17-18,27H,5-6,9,14-16,19H2,1H3,(H,30,31). The predicted molar refractivity (Wildman–Crippen MR) is 137 cm³/mol. The largest absolute Gasteiger partial charge is 0.491 e. The van der Waals surface area contributed by atoms with Crippen molar-refractivity contribution >= 4 is 17.1 Å². The summed E-state index contributed by atoms with van der Waals surface area (Å²) in [6, 6.07) is 23.3. The highest BCUT2D eigenvalue weighted by molar-refractivity contribution is 5.82. The number of piperidine rings is 1. The van der Waals surface area contributed by atoms with Crippen LogP contribution in [-0.2, 0) is 6.54 Å². The van der Waals surface area contributed by atoms with Crippen LogP contribution in [0, 0.1) is 6.92 Å². The molecule has 0 saturated carbocycles. The highest BCUT2D eigenvalue weighted by Crippen LogP contribution is 2.34. The maximum Gasteiger partial charge on any atom is 0.320 e. The summed E-state index contributed by atoms with van der Waals surface area (Å²) in [4.78, 5) is 25.6. The fraction of sp³-hybridized carbons (Fsp3) is 0.310. The number of aromatic amines is 1. The van der Waals surface area contributed by atoms with Crippen LogP contribution in [0.2, 0.25) is 0 Å². The van der Waals surface area contributed by atoms with Crippen molar-refractivity contribution in [3.63, 3.8) is 0 Å². The zero-order chi connectivity index (χ0) is 23.8. The smallest absolute Gasteiger partial charge is 0.320 e. The van der Waals surface area contributed by atoms with E-state index in [1.807, 2.05) is 30.0 Å². The van der Waals surface area contributed by atoms with Crippen LogP contribution < -0.4 is 4.74 Å². The quantitative estimate of drug-likeness (QED) is 0.389. The van der Waals surface area contributed by atoms with Gasteiger partial charge in [-0.3, -0.25) is 0 Å². The van der Waals surface area contributed by atoms with E-state index >= 15 is 0 Å². The molecule has 1 saturated heterocycles. The Morgan fingerprint density at radius 2 is 1.83 bits per heavy atom. The Hall–Kier alpha value is -3.80. The lowest BCUT2D eigenvalue weighted by Crippen LogP contribution is -2.47. The number of carbonyl (C=O) groups is 1. The van der Waals surface area contributed by atoms with Gasteiger partial charge in [-0.05, 0) is 67.1 Å². The van der Waals surface area contributed by atoms with E-state index in [-0.39, 0.29) is 12.1 Å². The van der Waals surface area contributed by atoms with Crippen LogP contribution in [0.4, 0.5) is 4.79 Å². The molecule has 6 rings (SSSR count). The van der Waals surface area contributed by atoms with Crippen molar-refractivity contribution in [3.05, 3.63) is 83.7 Å². The first-order valence-corrected chi connectivity index (χ1v) is 12.5. The van der Waals surface area contributed by atoms with Crippen LogP contribution in [-0.4, -0.2) is 45.5 Å². The fourth-order valence-corrected chi connectivity index (χ4v) is 5.42. The summed E-state index contributed by atoms with van der Waals surface area (Å²) < 4.78 is 6.06. The lowest BCUT2D eigenvalue weighted by atomic mass is 9.95. The Morgan fingerprint density at radius 3 is 2.71 bits per heavy atom. The Balaban J connectivity index is 1.27. The molecule has 35 heavy (non-hydrogen) atoms. The highest BCUT2D eigenvalue weighted by atomic mass is 16.5. The number of aryl methyl sites for hydroxylation is 1. The van der Waals surface area contributed by atoms with Crippen molar-refractivity contribution in [1.82, 2.24) is 19.8 Å². The van der Waals surface area contributed by atoms with Gasteiger partial charge in [-0.2, -0.15) is 0 Å². The molecular weight excluding hydrogens is 436 g/mol. The SMILES string of the molecule is Cc1nc2ccc(-c3ccc4c(c3)CN(C(=O)N3CCCCC3c3ccccc3)CCO4)cc2[nH]1. The van der Waals surface area contributed by atoms with E-state index in [4.69, 9.17) is 4.74 Å². The van der Waals surface area contributed by atoms with Crippen molar-refractivity contribution in [2.45, 2.75) is 38.8 Å². The van der Waals surface area contributed by atoms with Gasteiger partial charge < -0.3 is 19.5 Å². The molecule has 2 aliphatic rings. The molecule has 2 aliphatic heterocycles. The zero-order valence-electron chi connectivity index (χ0n) is 20.0. The maximum absolute atomic E-state index is 13.8. The summed E-state index contributed by atoms with van der Waals surface area (Å²) in [5.41, 5.74) is 6.49. The van der Waals surface area contributed by atoms with E-state index in [1.165, 1.54) is 5.56 Å². The molecule has 1 N–H and O–H groups in total. The number of hydrogen-bond donors (Lipinski definition) is 1. The average molecular weight is 467 g/mol. The van der Waals surface area contributed by atoms with Gasteiger partial charge in [0.05, 0.1) is 30.2 Å². The predicted octanol–water partition coefficient (Wildman–Crippen LogP) is 6.08. The third-order valence-corrected chi connectivity index (χ3v) is 7.18. The first-order valence-electron chi connectivity index (χ1n) is 12.5. The summed E-state index contributed by atoms with van der Waals surface area (Å²) in [5.74, 6) is 1.77. The summed E-state index contributed by atoms with van der Waals surface area (Å²) in [7, 11) is 0. The molecule has 4 aromatic rings. The molecule has 0 radical (unpaired) electrons. The van der Waals surface area contributed by atoms with Gasteiger partial charge >= 0.3 is 6.03 Å². The fourth-order valence-electron chi connectivity index (χ4n) is 5.42. The number of imidazole rings is 1. The number of aromatic nitrogens is 2. The molecular formula is C29H30N4O2. The van der Waals surface area contributed by atoms with E-state index in [0.717, 1.165) is 65.1 Å². The highest BCUT2D eigenvalue weighted by Gasteiger charge is 2.32. The molecule has 6 heteroatoms. The van der Waals surface area contributed by atoms with E-state index in [9.17, 15) is 4.79 Å². The number of amides is 2. The first-order chi connectivity index (χ1) is 17.2. The van der Waals surface area contributed by atoms with Crippen LogP contribution in [0.5, 0.6) is 5.75 Å². The molecule has 1 aromatic heterocycles. The minimum absolute atomic E-state index is 0.106. The van der Waals surface area contributed by atoms with Gasteiger partial charge in [-0.25, -0.2) is 9.78 Å². The zero-order valence-corrected chi connectivity index (χ0v) is 20.0. The third-order valence-electron chi connectivity index (χ3n) is 7.18. The molecule has 2 amide bonds. The number of nitrogens with one attached hydrogen (secondary N) is 1. The molecule has 0 aliphatic carbocycles. The summed E-state index contributed by atoms with van der Waals surface area (Å²) in [5, 5.41) is 0. The van der Waals surface area contributed by atoms with Crippen molar-refractivity contribution in [1.29, 1.82) is 0 Å². The summed E-state index contributed by atoms with van der Waals surface area (Å²) in [6.45, 7) is 4.40. The topological polar surface area (TPSA) is 61.5 Å². The van der Waals surface area contributed by atoms with Gasteiger partial charge in [0.1, 0.15) is 18.2 Å². The van der Waals surface area contributed by atoms with Gasteiger partial charge in [-0.1, -0.05) is 42.5 Å². The molecule has 178 valence electrons. The second-order valence-electron chi connectivity index (χ2n) is 9.54. The van der Waals surface area contributed by atoms with Crippen LogP contribution in [0.1, 0.15) is 42.3 Å². The van der Waals surface area contributed by atoms with E-state index in [1.54, 1.807) is 0 Å². The third kappa shape index (κ3) is 4.25. The van der Waals surface area contributed by atoms with E-state index in [0.29, 0.717) is 19.7 Å². The summed E-state index contributed by atoms with van der Waals surface area (Å²) in [6.07, 6.45) is 3.21. The number of hydrogen-bond acceptors (Lipinski definition) is 3. The molecule has 0 spiro atoms. The van der Waals surface area contributed by atoms with Gasteiger partial charge in [0.25, 0.3) is 0 Å². The first kappa shape index (κ1) is 21.7. The second kappa shape index (κ2) is 9.10. The Kier molecular flexibility index (Phi) is 5.64. The number of rotatable bonds is 2. The Morgan fingerprint density at radius 1 is 1.00 bits per heavy atom. The molecule has 1 fully saturated rings. The van der Waals surface area contributed by atoms with Crippen LogP contribution in [0.25, 0.3) is 22.2 Å². The minimum Gasteiger partial charge on any atom is -0.491 e. The molecule has 0 bridgehead atoms. The summed E-state index contributed by atoms with van der Waals surface area (Å²) >= 11 is 0. The molecule has 1 unspecified atom stereocenters. The van der Waals surface area contributed by atoms with Crippen molar-refractivity contribution < 1.29 is 9.53 Å². The van der Waals surface area contributed by atoms with Gasteiger partial charge in [0.2, 0.25) is 0 Å². The molecule has 1 atom stereocenters. The number of carbonyl (C=O) groups excluding carboxylic acids is 1. The van der Waals surface area contributed by atoms with Crippen molar-refractivity contribution in [2.75, 3.05) is 19.7 Å². The van der Waals surface area contributed by atoms with Crippen LogP contribution in [0.15, 0.2) is 66.7 Å². The Bertz CT molecular complexity index is 1360. The van der Waals surface area contributed by atoms with Crippen LogP contribution in [0.3, 0.4) is 0 Å². The lowest BCUT2D eigenvalue weighted by Gasteiger charge is -2.39. The molecule has 6 nitrogen and oxygen atoms in total. The number of nitrogens with zero attached hydrogens (tertiary/aromatic N) is 3. The van der Waals surface area contributed by atoms with E-state index in [2.05, 4.69) is 63.4 Å². The van der Waals surface area contributed by atoms with Crippen LogP contribution >= 0.6 is 0 Å². The van der Waals surface area contributed by atoms with E-state index < -0.39 is 0 Å². The van der Waals surface area contributed by atoms with Gasteiger partial charge in [0.15, 0.2) is 0 Å². The van der Waals surface area contributed by atoms with Crippen molar-refractivity contribution in [2.24, 2.45) is 0 Å².